The van der Waals surface area contributed by atoms with E-state index in [0.29, 0.717) is 30.1 Å². The van der Waals surface area contributed by atoms with Crippen LogP contribution in [-0.4, -0.2) is 27.7 Å². The summed E-state index contributed by atoms with van der Waals surface area (Å²) >= 11 is 3.35. The van der Waals surface area contributed by atoms with Crippen molar-refractivity contribution in [3.05, 3.63) is 26.6 Å². The lowest BCUT2D eigenvalue weighted by Gasteiger charge is -2.34. The van der Waals surface area contributed by atoms with E-state index in [4.69, 9.17) is 4.98 Å². The van der Waals surface area contributed by atoms with E-state index < -0.39 is 0 Å². The standard InChI is InChI=1S/C22H31N3O2S2/c1-13-6-5-8-16(14(13)2)23-19(26)10-11-28-12-18-24-21(27)20-15-7-3-4-9-17(15)29-22(20)25-18/h13-14,16H,3-12H2,1-2H3,(H,23,26)(H,24,25,27). The topological polar surface area (TPSA) is 74.8 Å². The van der Waals surface area contributed by atoms with Crippen molar-refractivity contribution in [2.45, 2.75) is 77.0 Å². The number of aryl methyl sites for hydroxylation is 2. The molecule has 1 amide bonds. The fraction of sp³-hybridized carbons (Fsp3) is 0.682. The van der Waals surface area contributed by atoms with Crippen molar-refractivity contribution in [1.82, 2.24) is 15.3 Å². The summed E-state index contributed by atoms with van der Waals surface area (Å²) in [6.45, 7) is 4.54. The molecule has 29 heavy (non-hydrogen) atoms. The van der Waals surface area contributed by atoms with Gasteiger partial charge in [0.05, 0.1) is 11.1 Å². The number of fused-ring (bicyclic) bond motifs is 3. The first-order chi connectivity index (χ1) is 14.0. The third kappa shape index (κ3) is 4.71. The van der Waals surface area contributed by atoms with Crippen LogP contribution in [0.5, 0.6) is 0 Å². The van der Waals surface area contributed by atoms with Gasteiger partial charge in [-0.3, -0.25) is 9.59 Å². The highest BCUT2D eigenvalue weighted by Crippen LogP contribution is 2.33. The number of aromatic amines is 1. The van der Waals surface area contributed by atoms with Gasteiger partial charge in [0.15, 0.2) is 0 Å². The quantitative estimate of drug-likeness (QED) is 0.661. The summed E-state index contributed by atoms with van der Waals surface area (Å²) in [6, 6.07) is 0.321. The van der Waals surface area contributed by atoms with Crippen molar-refractivity contribution >= 4 is 39.2 Å². The Morgan fingerprint density at radius 1 is 1.24 bits per heavy atom. The molecule has 2 aliphatic rings. The van der Waals surface area contributed by atoms with Crippen LogP contribution in [0.3, 0.4) is 0 Å². The minimum absolute atomic E-state index is 0.00292. The molecule has 2 heterocycles. The van der Waals surface area contributed by atoms with Gasteiger partial charge in [-0.1, -0.05) is 26.7 Å². The van der Waals surface area contributed by atoms with Crippen molar-refractivity contribution in [1.29, 1.82) is 0 Å². The molecule has 3 atom stereocenters. The number of thiophene rings is 1. The Hall–Kier alpha value is -1.34. The maximum absolute atomic E-state index is 12.6. The first-order valence-corrected chi connectivity index (χ1v) is 12.9. The Balaban J connectivity index is 1.29. The zero-order chi connectivity index (χ0) is 20.4. The van der Waals surface area contributed by atoms with Crippen LogP contribution in [0.2, 0.25) is 0 Å². The Morgan fingerprint density at radius 2 is 2.07 bits per heavy atom. The van der Waals surface area contributed by atoms with Crippen LogP contribution in [0.15, 0.2) is 4.79 Å². The lowest BCUT2D eigenvalue weighted by atomic mass is 9.78. The van der Waals surface area contributed by atoms with E-state index in [2.05, 4.69) is 24.1 Å². The lowest BCUT2D eigenvalue weighted by molar-refractivity contribution is -0.122. The highest BCUT2D eigenvalue weighted by atomic mass is 32.2. The van der Waals surface area contributed by atoms with E-state index in [1.54, 1.807) is 23.1 Å². The summed E-state index contributed by atoms with van der Waals surface area (Å²) in [6.07, 6.45) is 8.54. The molecule has 3 unspecified atom stereocenters. The molecule has 0 aromatic carbocycles. The molecule has 0 aliphatic heterocycles. The van der Waals surface area contributed by atoms with Gasteiger partial charge >= 0.3 is 0 Å². The molecule has 2 aromatic heterocycles. The molecule has 1 fully saturated rings. The molecule has 4 rings (SSSR count). The van der Waals surface area contributed by atoms with Crippen LogP contribution in [0, 0.1) is 11.8 Å². The Morgan fingerprint density at radius 3 is 2.93 bits per heavy atom. The van der Waals surface area contributed by atoms with E-state index >= 15 is 0 Å². The number of nitrogens with zero attached hydrogens (tertiary/aromatic N) is 1. The average molecular weight is 434 g/mol. The predicted molar refractivity (Wildman–Crippen MR) is 122 cm³/mol. The fourth-order valence-electron chi connectivity index (χ4n) is 4.68. The SMILES string of the molecule is CC1CCCC(NC(=O)CCSCc2nc3sc4c(c3c(=O)[nH]2)CCCC4)C1C. The molecule has 0 spiro atoms. The monoisotopic (exact) mass is 433 g/mol. The number of carbonyl (C=O) groups excluding carboxylic acids is 1. The molecule has 2 aliphatic carbocycles. The fourth-order valence-corrected chi connectivity index (χ4v) is 6.76. The Labute approximate surface area is 180 Å². The van der Waals surface area contributed by atoms with E-state index in [9.17, 15) is 9.59 Å². The highest BCUT2D eigenvalue weighted by molar-refractivity contribution is 7.98. The molecule has 5 nitrogen and oxygen atoms in total. The van der Waals surface area contributed by atoms with Gasteiger partial charge in [0, 0.05) is 23.1 Å². The summed E-state index contributed by atoms with van der Waals surface area (Å²) in [5, 5.41) is 4.05. The van der Waals surface area contributed by atoms with Gasteiger partial charge in [-0.25, -0.2) is 4.98 Å². The highest BCUT2D eigenvalue weighted by Gasteiger charge is 2.28. The van der Waals surface area contributed by atoms with Gasteiger partial charge < -0.3 is 10.3 Å². The van der Waals surface area contributed by atoms with E-state index in [-0.39, 0.29) is 11.5 Å². The normalized spacial score (nSPS) is 24.4. The zero-order valence-electron chi connectivity index (χ0n) is 17.4. The second-order valence-corrected chi connectivity index (χ2v) is 10.8. The molecule has 1 saturated carbocycles. The third-order valence-corrected chi connectivity index (χ3v) is 8.80. The van der Waals surface area contributed by atoms with Gasteiger partial charge in [0.25, 0.3) is 5.56 Å². The maximum atomic E-state index is 12.6. The first-order valence-electron chi connectivity index (χ1n) is 10.9. The Kier molecular flexibility index (Phi) is 6.64. The molecular formula is C22H31N3O2S2. The van der Waals surface area contributed by atoms with Crippen molar-refractivity contribution in [3.63, 3.8) is 0 Å². The van der Waals surface area contributed by atoms with Gasteiger partial charge in [-0.15, -0.1) is 11.3 Å². The number of amides is 1. The average Bonchev–Trinajstić information content (AvgIpc) is 3.08. The second-order valence-electron chi connectivity index (χ2n) is 8.65. The molecule has 0 radical (unpaired) electrons. The molecule has 158 valence electrons. The van der Waals surface area contributed by atoms with E-state index in [1.807, 2.05) is 0 Å². The molecular weight excluding hydrogens is 402 g/mol. The summed E-state index contributed by atoms with van der Waals surface area (Å²) in [4.78, 5) is 34.8. The minimum atomic E-state index is 0.00292. The number of thioether (sulfide) groups is 1. The summed E-state index contributed by atoms with van der Waals surface area (Å²) < 4.78 is 0. The molecule has 0 saturated heterocycles. The van der Waals surface area contributed by atoms with Gasteiger partial charge in [0.2, 0.25) is 5.91 Å². The van der Waals surface area contributed by atoms with Crippen LogP contribution < -0.4 is 10.9 Å². The lowest BCUT2D eigenvalue weighted by Crippen LogP contribution is -2.43. The van der Waals surface area contributed by atoms with E-state index in [1.165, 1.54) is 29.7 Å². The van der Waals surface area contributed by atoms with Crippen LogP contribution >= 0.6 is 23.1 Å². The number of rotatable bonds is 6. The smallest absolute Gasteiger partial charge is 0.259 e. The largest absolute Gasteiger partial charge is 0.353 e. The number of carbonyl (C=O) groups is 1. The predicted octanol–water partition coefficient (Wildman–Crippen LogP) is 4.43. The van der Waals surface area contributed by atoms with E-state index in [0.717, 1.165) is 47.5 Å². The van der Waals surface area contributed by atoms with Gasteiger partial charge in [0.1, 0.15) is 10.7 Å². The maximum Gasteiger partial charge on any atom is 0.259 e. The van der Waals surface area contributed by atoms with Crippen LogP contribution in [-0.2, 0) is 23.4 Å². The number of hydrogen-bond donors (Lipinski definition) is 2. The van der Waals surface area contributed by atoms with Crippen molar-refractivity contribution in [2.24, 2.45) is 11.8 Å². The third-order valence-electron chi connectivity index (χ3n) is 6.64. The van der Waals surface area contributed by atoms with Gasteiger partial charge in [-0.2, -0.15) is 11.8 Å². The minimum Gasteiger partial charge on any atom is -0.353 e. The Bertz CT molecular complexity index is 936. The zero-order valence-corrected chi connectivity index (χ0v) is 19.0. The van der Waals surface area contributed by atoms with Gasteiger partial charge in [-0.05, 0) is 49.5 Å². The summed E-state index contributed by atoms with van der Waals surface area (Å²) in [5.41, 5.74) is 1.23. The number of hydrogen-bond acceptors (Lipinski definition) is 5. The van der Waals surface area contributed by atoms with Crippen molar-refractivity contribution < 1.29 is 4.79 Å². The van der Waals surface area contributed by atoms with Crippen molar-refractivity contribution in [3.8, 4) is 0 Å². The number of H-pyrrole nitrogens is 1. The molecule has 7 heteroatoms. The molecule has 0 bridgehead atoms. The molecule has 2 N–H and O–H groups in total. The molecule has 2 aromatic rings. The number of nitrogens with one attached hydrogen (secondary N) is 2. The summed E-state index contributed by atoms with van der Waals surface area (Å²) in [7, 11) is 0. The van der Waals surface area contributed by atoms with Crippen LogP contribution in [0.1, 0.15) is 68.6 Å². The second kappa shape index (κ2) is 9.21. The van der Waals surface area contributed by atoms with Crippen LogP contribution in [0.4, 0.5) is 0 Å². The van der Waals surface area contributed by atoms with Crippen molar-refractivity contribution in [2.75, 3.05) is 5.75 Å². The summed E-state index contributed by atoms with van der Waals surface area (Å²) in [5.74, 6) is 3.48. The first kappa shape index (κ1) is 20.9. The number of aromatic nitrogens is 2. The van der Waals surface area contributed by atoms with Crippen LogP contribution in [0.25, 0.3) is 10.2 Å².